The minimum Gasteiger partial charge on any atom is -0.360 e. The van der Waals surface area contributed by atoms with Gasteiger partial charge in [-0.05, 0) is 9.91 Å². The molecule has 2 rings (SSSR count). The van der Waals surface area contributed by atoms with Crippen molar-refractivity contribution in [3.8, 4) is 0 Å². The molecule has 0 unspecified atom stereocenters. The summed E-state index contributed by atoms with van der Waals surface area (Å²) in [6, 6.07) is 1.68. The van der Waals surface area contributed by atoms with E-state index in [9.17, 15) is 10.1 Å². The molecule has 17 heavy (non-hydrogen) atoms. The highest BCUT2D eigenvalue weighted by atomic mass is 16.6. The third-order valence-electron chi connectivity index (χ3n) is 2.39. The Kier molecular flexibility index (Phi) is 2.77. The van der Waals surface area contributed by atoms with Gasteiger partial charge in [-0.3, -0.25) is 4.57 Å². The smallest absolute Gasteiger partial charge is 0.360 e. The molecule has 2 heterocycles. The van der Waals surface area contributed by atoms with Crippen LogP contribution in [0.25, 0.3) is 0 Å². The van der Waals surface area contributed by atoms with Gasteiger partial charge >= 0.3 is 5.82 Å². The molecule has 0 aliphatic carbocycles. The molecule has 0 fully saturated rings. The van der Waals surface area contributed by atoms with Gasteiger partial charge in [-0.1, -0.05) is 5.16 Å². The molecule has 90 valence electrons. The summed E-state index contributed by atoms with van der Waals surface area (Å²) in [5, 5.41) is 17.3. The van der Waals surface area contributed by atoms with E-state index in [2.05, 4.69) is 15.5 Å². The third kappa shape index (κ3) is 2.10. The Bertz CT molecular complexity index is 531. The number of anilines is 1. The molecule has 2 aromatic rings. The summed E-state index contributed by atoms with van der Waals surface area (Å²) in [5.74, 6) is 1.32. The fraction of sp³-hybridized carbons (Fsp3) is 0.333. The summed E-state index contributed by atoms with van der Waals surface area (Å²) in [6.07, 6.45) is 1.51. The number of hydrogen-bond acceptors (Lipinski definition) is 6. The van der Waals surface area contributed by atoms with Gasteiger partial charge < -0.3 is 20.0 Å². The van der Waals surface area contributed by atoms with Crippen molar-refractivity contribution < 1.29 is 9.45 Å². The number of nitrogens with one attached hydrogen (secondary N) is 1. The van der Waals surface area contributed by atoms with Crippen molar-refractivity contribution in [1.82, 2.24) is 14.7 Å². The van der Waals surface area contributed by atoms with Crippen LogP contribution in [0.1, 0.15) is 11.6 Å². The second-order valence-electron chi connectivity index (χ2n) is 3.48. The highest BCUT2D eigenvalue weighted by molar-refractivity contribution is 5.53. The molecule has 0 spiro atoms. The molecule has 0 aliphatic heterocycles. The Morgan fingerprint density at radius 1 is 1.65 bits per heavy atom. The predicted octanol–water partition coefficient (Wildman–Crippen LogP) is 1.24. The minimum atomic E-state index is -0.518. The van der Waals surface area contributed by atoms with Crippen molar-refractivity contribution in [3.63, 3.8) is 0 Å². The Morgan fingerprint density at radius 3 is 3.00 bits per heavy atom. The number of aryl methyl sites for hydroxylation is 1. The number of rotatable bonds is 4. The van der Waals surface area contributed by atoms with Crippen molar-refractivity contribution in [2.75, 3.05) is 5.32 Å². The molecular formula is C9H11N5O3. The predicted molar refractivity (Wildman–Crippen MR) is 58.4 cm³/mol. The van der Waals surface area contributed by atoms with E-state index in [1.807, 2.05) is 0 Å². The Hall–Kier alpha value is -2.38. The lowest BCUT2D eigenvalue weighted by Gasteiger charge is -2.03. The van der Waals surface area contributed by atoms with Gasteiger partial charge in [0, 0.05) is 20.0 Å². The maximum Gasteiger partial charge on any atom is 0.406 e. The maximum absolute atomic E-state index is 10.8. The molecule has 0 saturated heterocycles. The highest BCUT2D eigenvalue weighted by Gasteiger charge is 2.23. The van der Waals surface area contributed by atoms with Crippen LogP contribution in [0, 0.1) is 17.0 Å². The third-order valence-corrected chi connectivity index (χ3v) is 2.39. The average molecular weight is 237 g/mol. The fourth-order valence-electron chi connectivity index (χ4n) is 1.42. The lowest BCUT2D eigenvalue weighted by Crippen LogP contribution is -2.05. The highest BCUT2D eigenvalue weighted by Crippen LogP contribution is 2.24. The second kappa shape index (κ2) is 4.24. The van der Waals surface area contributed by atoms with Crippen molar-refractivity contribution in [2.45, 2.75) is 13.5 Å². The van der Waals surface area contributed by atoms with Crippen LogP contribution in [0.2, 0.25) is 0 Å². The molecule has 0 saturated carbocycles. The SMILES string of the molecule is Cc1nc([N+](=O)[O-])c(NCc2ccno2)n1C. The molecule has 1 N–H and O–H groups in total. The molecular weight excluding hydrogens is 226 g/mol. The zero-order valence-corrected chi connectivity index (χ0v) is 9.38. The largest absolute Gasteiger partial charge is 0.406 e. The van der Waals surface area contributed by atoms with E-state index >= 15 is 0 Å². The summed E-state index contributed by atoms with van der Waals surface area (Å²) in [6.45, 7) is 2.02. The summed E-state index contributed by atoms with van der Waals surface area (Å²) < 4.78 is 6.51. The average Bonchev–Trinajstić information content (AvgIpc) is 2.87. The van der Waals surface area contributed by atoms with Crippen molar-refractivity contribution >= 4 is 11.6 Å². The van der Waals surface area contributed by atoms with Crippen LogP contribution in [0.15, 0.2) is 16.8 Å². The van der Waals surface area contributed by atoms with Crippen molar-refractivity contribution in [3.05, 3.63) is 34.0 Å². The van der Waals surface area contributed by atoms with E-state index in [4.69, 9.17) is 4.52 Å². The molecule has 0 radical (unpaired) electrons. The molecule has 0 aromatic carbocycles. The van der Waals surface area contributed by atoms with Crippen LogP contribution in [0.3, 0.4) is 0 Å². The standard InChI is InChI=1S/C9H11N5O3/c1-6-12-9(14(15)16)8(13(6)2)10-5-7-3-4-11-17-7/h3-4,10H,5H2,1-2H3. The van der Waals surface area contributed by atoms with Crippen LogP contribution in [-0.4, -0.2) is 19.6 Å². The lowest BCUT2D eigenvalue weighted by atomic mass is 10.4. The van der Waals surface area contributed by atoms with Gasteiger partial charge in [-0.2, -0.15) is 0 Å². The summed E-state index contributed by atoms with van der Waals surface area (Å²) in [7, 11) is 1.71. The summed E-state index contributed by atoms with van der Waals surface area (Å²) in [4.78, 5) is 14.1. The van der Waals surface area contributed by atoms with Crippen LogP contribution >= 0.6 is 0 Å². The number of nitrogens with zero attached hydrogens (tertiary/aromatic N) is 4. The molecule has 0 aliphatic rings. The summed E-state index contributed by atoms with van der Waals surface area (Å²) >= 11 is 0. The molecule has 0 atom stereocenters. The Morgan fingerprint density at radius 2 is 2.41 bits per heavy atom. The van der Waals surface area contributed by atoms with Gasteiger partial charge in [0.1, 0.15) is 0 Å². The van der Waals surface area contributed by atoms with Gasteiger partial charge in [0.15, 0.2) is 5.76 Å². The maximum atomic E-state index is 10.8. The lowest BCUT2D eigenvalue weighted by molar-refractivity contribution is -0.388. The first-order chi connectivity index (χ1) is 8.09. The van der Waals surface area contributed by atoms with Gasteiger partial charge in [-0.25, -0.2) is 0 Å². The van der Waals surface area contributed by atoms with Gasteiger partial charge in [-0.15, -0.1) is 0 Å². The molecule has 8 nitrogen and oxygen atoms in total. The van der Waals surface area contributed by atoms with Crippen LogP contribution in [0.4, 0.5) is 11.6 Å². The van der Waals surface area contributed by atoms with E-state index in [-0.39, 0.29) is 5.82 Å². The number of imidazole rings is 1. The van der Waals surface area contributed by atoms with Crippen molar-refractivity contribution in [1.29, 1.82) is 0 Å². The van der Waals surface area contributed by atoms with Crippen molar-refractivity contribution in [2.24, 2.45) is 7.05 Å². The number of hydrogen-bond donors (Lipinski definition) is 1. The topological polar surface area (TPSA) is 99.0 Å². The Balaban J connectivity index is 2.22. The first-order valence-electron chi connectivity index (χ1n) is 4.90. The number of nitro groups is 1. The van der Waals surface area contributed by atoms with Crippen LogP contribution in [0.5, 0.6) is 0 Å². The van der Waals surface area contributed by atoms with Gasteiger partial charge in [0.05, 0.1) is 12.7 Å². The molecule has 0 amide bonds. The van der Waals surface area contributed by atoms with E-state index in [0.717, 1.165) is 0 Å². The number of aromatic nitrogens is 3. The van der Waals surface area contributed by atoms with Crippen LogP contribution < -0.4 is 5.32 Å². The first kappa shape index (κ1) is 11.1. The monoisotopic (exact) mass is 237 g/mol. The zero-order chi connectivity index (χ0) is 12.4. The quantitative estimate of drug-likeness (QED) is 0.634. The van der Waals surface area contributed by atoms with Gasteiger partial charge in [0.25, 0.3) is 0 Å². The molecule has 0 bridgehead atoms. The summed E-state index contributed by atoms with van der Waals surface area (Å²) in [5.41, 5.74) is 0. The van der Waals surface area contributed by atoms with Crippen LogP contribution in [-0.2, 0) is 13.6 Å². The van der Waals surface area contributed by atoms with E-state index in [1.54, 1.807) is 24.6 Å². The Labute approximate surface area is 96.4 Å². The van der Waals surface area contributed by atoms with E-state index in [1.165, 1.54) is 6.20 Å². The zero-order valence-electron chi connectivity index (χ0n) is 9.38. The fourth-order valence-corrected chi connectivity index (χ4v) is 1.42. The molecule has 8 heteroatoms. The minimum absolute atomic E-state index is 0.190. The van der Waals surface area contributed by atoms with E-state index < -0.39 is 4.92 Å². The molecule has 2 aromatic heterocycles. The first-order valence-corrected chi connectivity index (χ1v) is 4.90. The second-order valence-corrected chi connectivity index (χ2v) is 3.48. The van der Waals surface area contributed by atoms with Gasteiger partial charge in [0.2, 0.25) is 11.6 Å². The van der Waals surface area contributed by atoms with E-state index in [0.29, 0.717) is 23.9 Å². The normalized spacial score (nSPS) is 10.5.